The number of nitrogens with zero attached hydrogens (tertiary/aromatic N) is 1. The maximum Gasteiger partial charge on any atom is 0.349 e. The van der Waals surface area contributed by atoms with Crippen molar-refractivity contribution in [3.8, 4) is 0 Å². The van der Waals surface area contributed by atoms with Crippen LogP contribution < -0.4 is 5.63 Å². The first kappa shape index (κ1) is 18.4. The van der Waals surface area contributed by atoms with Crippen molar-refractivity contribution >= 4 is 26.7 Å². The number of rotatable bonds is 4. The lowest BCUT2D eigenvalue weighted by molar-refractivity contribution is 0.0676. The fourth-order valence-corrected chi connectivity index (χ4v) is 5.26. The van der Waals surface area contributed by atoms with Crippen LogP contribution in [0.25, 0.3) is 11.0 Å². The normalized spacial score (nSPS) is 18.2. The Morgan fingerprint density at radius 2 is 1.79 bits per heavy atom. The van der Waals surface area contributed by atoms with Gasteiger partial charge in [0.25, 0.3) is 5.91 Å². The summed E-state index contributed by atoms with van der Waals surface area (Å²) in [6, 6.07) is 17.3. The lowest BCUT2D eigenvalue weighted by atomic mass is 10.1. The highest BCUT2D eigenvalue weighted by atomic mass is 32.2. The Kier molecular flexibility index (Phi) is 4.77. The molecule has 0 aliphatic carbocycles. The summed E-state index contributed by atoms with van der Waals surface area (Å²) in [6.07, 6.45) is 0.361. The van der Waals surface area contributed by atoms with Gasteiger partial charge in [-0.3, -0.25) is 4.79 Å². The van der Waals surface area contributed by atoms with Crippen molar-refractivity contribution < 1.29 is 17.6 Å². The Bertz CT molecular complexity index is 1180. The van der Waals surface area contributed by atoms with E-state index in [1.165, 1.54) is 11.0 Å². The molecule has 0 bridgehead atoms. The summed E-state index contributed by atoms with van der Waals surface area (Å²) in [4.78, 5) is 27.2. The zero-order valence-electron chi connectivity index (χ0n) is 15.1. The number of hydrogen-bond acceptors (Lipinski definition) is 5. The third kappa shape index (κ3) is 3.71. The Morgan fingerprint density at radius 1 is 1.07 bits per heavy atom. The highest BCUT2D eigenvalue weighted by Crippen LogP contribution is 2.23. The van der Waals surface area contributed by atoms with Crippen molar-refractivity contribution in [2.24, 2.45) is 0 Å². The molecule has 3 aromatic rings. The number of benzene rings is 2. The lowest BCUT2D eigenvalue weighted by Gasteiger charge is -2.28. The fraction of sp³-hybridized carbons (Fsp3) is 0.238. The summed E-state index contributed by atoms with van der Waals surface area (Å²) in [5, 5.41) is 0.643. The molecular formula is C21H19NO5S. The first-order valence-corrected chi connectivity index (χ1v) is 10.8. The second-order valence-electron chi connectivity index (χ2n) is 6.96. The SMILES string of the molecule is O=C(c1cc2ccccc2oc1=O)N(Cc1ccccc1)[C@@H]1CCS(=O)(=O)C1. The smallest absolute Gasteiger partial charge is 0.349 e. The molecule has 1 fully saturated rings. The standard InChI is InChI=1S/C21H19NO5S/c23-20(18-12-16-8-4-5-9-19(16)27-21(18)24)22(13-15-6-2-1-3-7-15)17-10-11-28(25,26)14-17/h1-9,12,17H,10-11,13-14H2/t17-/m1/s1. The van der Waals surface area contributed by atoms with Crippen molar-refractivity contribution in [3.63, 3.8) is 0 Å². The summed E-state index contributed by atoms with van der Waals surface area (Å²) in [5.74, 6) is -0.557. The van der Waals surface area contributed by atoms with Gasteiger partial charge in [0.05, 0.1) is 11.5 Å². The van der Waals surface area contributed by atoms with Gasteiger partial charge in [-0.05, 0) is 24.1 Å². The number of hydrogen-bond donors (Lipinski definition) is 0. The summed E-state index contributed by atoms with van der Waals surface area (Å²) >= 11 is 0. The van der Waals surface area contributed by atoms with E-state index in [1.54, 1.807) is 24.3 Å². The molecule has 1 saturated heterocycles. The van der Waals surface area contributed by atoms with E-state index in [-0.39, 0.29) is 23.6 Å². The van der Waals surface area contributed by atoms with Crippen LogP contribution in [0.2, 0.25) is 0 Å². The van der Waals surface area contributed by atoms with Gasteiger partial charge in [-0.2, -0.15) is 0 Å². The Hall–Kier alpha value is -2.93. The van der Waals surface area contributed by atoms with Crippen LogP contribution in [0.15, 0.2) is 69.9 Å². The molecule has 6 nitrogen and oxygen atoms in total. The molecule has 1 aliphatic heterocycles. The molecule has 0 spiro atoms. The van der Waals surface area contributed by atoms with Crippen LogP contribution in [0, 0.1) is 0 Å². The molecule has 2 heterocycles. The number of para-hydroxylation sites is 1. The zero-order valence-corrected chi connectivity index (χ0v) is 15.9. The third-order valence-electron chi connectivity index (χ3n) is 4.98. The second kappa shape index (κ2) is 7.24. The minimum Gasteiger partial charge on any atom is -0.422 e. The van der Waals surface area contributed by atoms with Crippen LogP contribution in [0.4, 0.5) is 0 Å². The molecule has 2 aromatic carbocycles. The van der Waals surface area contributed by atoms with Crippen LogP contribution in [0.1, 0.15) is 22.3 Å². The Morgan fingerprint density at radius 3 is 2.50 bits per heavy atom. The first-order chi connectivity index (χ1) is 13.4. The Balaban J connectivity index is 1.74. The van der Waals surface area contributed by atoms with Crippen LogP contribution >= 0.6 is 0 Å². The van der Waals surface area contributed by atoms with Crippen LogP contribution in [0.5, 0.6) is 0 Å². The number of carbonyl (C=O) groups is 1. The van der Waals surface area contributed by atoms with Crippen LogP contribution in [-0.2, 0) is 16.4 Å². The van der Waals surface area contributed by atoms with E-state index in [0.717, 1.165) is 5.56 Å². The largest absolute Gasteiger partial charge is 0.422 e. The fourth-order valence-electron chi connectivity index (χ4n) is 3.53. The molecule has 144 valence electrons. The summed E-state index contributed by atoms with van der Waals surface area (Å²) in [5.41, 5.74) is 0.467. The van der Waals surface area contributed by atoms with Crippen molar-refractivity contribution in [2.45, 2.75) is 19.0 Å². The number of amides is 1. The first-order valence-electron chi connectivity index (χ1n) is 9.01. The molecule has 0 saturated carbocycles. The maximum atomic E-state index is 13.3. The van der Waals surface area contributed by atoms with E-state index in [4.69, 9.17) is 4.42 Å². The predicted octanol–water partition coefficient (Wildman–Crippen LogP) is 2.62. The van der Waals surface area contributed by atoms with Crippen molar-refractivity contribution in [1.29, 1.82) is 0 Å². The minimum atomic E-state index is -3.19. The van der Waals surface area contributed by atoms with E-state index < -0.39 is 27.4 Å². The monoisotopic (exact) mass is 397 g/mol. The lowest BCUT2D eigenvalue weighted by Crippen LogP contribution is -2.42. The van der Waals surface area contributed by atoms with Gasteiger partial charge in [0.1, 0.15) is 11.1 Å². The molecule has 1 aromatic heterocycles. The third-order valence-corrected chi connectivity index (χ3v) is 6.73. The molecule has 0 radical (unpaired) electrons. The topological polar surface area (TPSA) is 84.7 Å². The molecule has 0 N–H and O–H groups in total. The zero-order chi connectivity index (χ0) is 19.7. The summed E-state index contributed by atoms with van der Waals surface area (Å²) in [7, 11) is -3.19. The van der Waals surface area contributed by atoms with E-state index in [9.17, 15) is 18.0 Å². The van der Waals surface area contributed by atoms with Gasteiger partial charge in [-0.25, -0.2) is 13.2 Å². The number of fused-ring (bicyclic) bond motifs is 1. The molecular weight excluding hydrogens is 378 g/mol. The molecule has 4 rings (SSSR count). The van der Waals surface area contributed by atoms with Gasteiger partial charge >= 0.3 is 5.63 Å². The van der Waals surface area contributed by atoms with Gasteiger partial charge < -0.3 is 9.32 Å². The minimum absolute atomic E-state index is 0.0442. The van der Waals surface area contributed by atoms with Gasteiger partial charge in [0.15, 0.2) is 9.84 Å². The number of sulfone groups is 1. The highest BCUT2D eigenvalue weighted by Gasteiger charge is 2.36. The van der Waals surface area contributed by atoms with Crippen molar-refractivity contribution in [3.05, 3.63) is 82.2 Å². The van der Waals surface area contributed by atoms with E-state index in [2.05, 4.69) is 0 Å². The average molecular weight is 397 g/mol. The van der Waals surface area contributed by atoms with Crippen molar-refractivity contribution in [2.75, 3.05) is 11.5 Å². The van der Waals surface area contributed by atoms with E-state index in [1.807, 2.05) is 30.3 Å². The van der Waals surface area contributed by atoms with Gasteiger partial charge in [-0.15, -0.1) is 0 Å². The van der Waals surface area contributed by atoms with Gasteiger partial charge in [0.2, 0.25) is 0 Å². The molecule has 1 atom stereocenters. The van der Waals surface area contributed by atoms with Crippen molar-refractivity contribution in [1.82, 2.24) is 4.90 Å². The molecule has 0 unspecified atom stereocenters. The molecule has 7 heteroatoms. The quantitative estimate of drug-likeness (QED) is 0.632. The Labute approximate surface area is 162 Å². The summed E-state index contributed by atoms with van der Waals surface area (Å²) < 4.78 is 29.3. The number of carbonyl (C=O) groups excluding carboxylic acids is 1. The molecule has 1 amide bonds. The van der Waals surface area contributed by atoms with Crippen LogP contribution in [0.3, 0.4) is 0 Å². The molecule has 28 heavy (non-hydrogen) atoms. The second-order valence-corrected chi connectivity index (χ2v) is 9.19. The summed E-state index contributed by atoms with van der Waals surface area (Å²) in [6.45, 7) is 0.228. The van der Waals surface area contributed by atoms with Gasteiger partial charge in [0, 0.05) is 18.0 Å². The molecule has 1 aliphatic rings. The van der Waals surface area contributed by atoms with E-state index >= 15 is 0 Å². The van der Waals surface area contributed by atoms with Gasteiger partial charge in [-0.1, -0.05) is 48.5 Å². The van der Waals surface area contributed by atoms with Crippen LogP contribution in [-0.4, -0.2) is 36.8 Å². The average Bonchev–Trinajstić information content (AvgIpc) is 3.05. The highest BCUT2D eigenvalue weighted by molar-refractivity contribution is 7.91. The van der Waals surface area contributed by atoms with E-state index in [0.29, 0.717) is 17.4 Å². The maximum absolute atomic E-state index is 13.3. The predicted molar refractivity (Wildman–Crippen MR) is 106 cm³/mol.